The van der Waals surface area contributed by atoms with Crippen molar-refractivity contribution in [2.24, 2.45) is 0 Å². The molecule has 0 saturated carbocycles. The van der Waals surface area contributed by atoms with Crippen molar-refractivity contribution in [3.05, 3.63) is 60.8 Å². The van der Waals surface area contributed by atoms with E-state index in [9.17, 15) is 14.4 Å². The summed E-state index contributed by atoms with van der Waals surface area (Å²) in [7, 11) is 0. The molecule has 0 saturated heterocycles. The Labute approximate surface area is 485 Å². The zero-order valence-corrected chi connectivity index (χ0v) is 52.2. The molecule has 0 N–H and O–H groups in total. The number of carbonyl (C=O) groups excluding carboxylic acids is 3. The Morgan fingerprint density at radius 3 is 0.744 bits per heavy atom. The summed E-state index contributed by atoms with van der Waals surface area (Å²) in [6, 6.07) is 0. The molecule has 0 aromatic carbocycles. The molecule has 1 atom stereocenters. The Morgan fingerprint density at radius 1 is 0.256 bits per heavy atom. The highest BCUT2D eigenvalue weighted by Crippen LogP contribution is 2.18. The summed E-state index contributed by atoms with van der Waals surface area (Å²) in [5, 5.41) is 0. The van der Waals surface area contributed by atoms with Crippen molar-refractivity contribution in [1.82, 2.24) is 0 Å². The van der Waals surface area contributed by atoms with Crippen molar-refractivity contribution in [1.29, 1.82) is 0 Å². The number of ether oxygens (including phenoxy) is 3. The molecular weight excluding hydrogens is 961 g/mol. The summed E-state index contributed by atoms with van der Waals surface area (Å²) in [6.07, 6.45) is 85.1. The summed E-state index contributed by atoms with van der Waals surface area (Å²) in [5.74, 6) is -0.872. The Kier molecular flexibility index (Phi) is 64.2. The molecule has 0 heterocycles. The molecule has 78 heavy (non-hydrogen) atoms. The minimum absolute atomic E-state index is 0.0774. The summed E-state index contributed by atoms with van der Waals surface area (Å²) in [4.78, 5) is 38.4. The van der Waals surface area contributed by atoms with E-state index in [0.717, 1.165) is 89.9 Å². The number of hydrogen-bond acceptors (Lipinski definition) is 6. The molecule has 0 amide bonds. The third-order valence-electron chi connectivity index (χ3n) is 15.2. The number of carbonyl (C=O) groups is 3. The maximum absolute atomic E-state index is 12.9. The van der Waals surface area contributed by atoms with Crippen molar-refractivity contribution < 1.29 is 28.6 Å². The van der Waals surface area contributed by atoms with Gasteiger partial charge in [-0.25, -0.2) is 0 Å². The highest BCUT2D eigenvalue weighted by atomic mass is 16.6. The number of allylic oxidation sites excluding steroid dienone is 10. The van der Waals surface area contributed by atoms with Crippen LogP contribution in [0, 0.1) is 0 Å². The van der Waals surface area contributed by atoms with Crippen LogP contribution in [0.3, 0.4) is 0 Å². The van der Waals surface area contributed by atoms with Crippen LogP contribution in [-0.2, 0) is 28.6 Å². The van der Waals surface area contributed by atoms with Crippen molar-refractivity contribution in [3.8, 4) is 0 Å². The van der Waals surface area contributed by atoms with Crippen LogP contribution in [0.4, 0.5) is 0 Å². The van der Waals surface area contributed by atoms with E-state index in [-0.39, 0.29) is 31.1 Å². The normalized spacial score (nSPS) is 12.4. The highest BCUT2D eigenvalue weighted by Gasteiger charge is 2.19. The van der Waals surface area contributed by atoms with Gasteiger partial charge in [0, 0.05) is 19.3 Å². The lowest BCUT2D eigenvalue weighted by atomic mass is 10.0. The molecule has 0 fully saturated rings. The average molecular weight is 1090 g/mol. The van der Waals surface area contributed by atoms with E-state index in [4.69, 9.17) is 14.2 Å². The molecule has 0 aliphatic rings. The van der Waals surface area contributed by atoms with Gasteiger partial charge in [-0.3, -0.25) is 14.4 Å². The van der Waals surface area contributed by atoms with E-state index in [1.165, 1.54) is 231 Å². The second kappa shape index (κ2) is 66.6. The van der Waals surface area contributed by atoms with Crippen molar-refractivity contribution in [2.75, 3.05) is 13.2 Å². The van der Waals surface area contributed by atoms with E-state index in [1.807, 2.05) is 0 Å². The van der Waals surface area contributed by atoms with Crippen molar-refractivity contribution in [3.63, 3.8) is 0 Å². The standard InChI is InChI=1S/C72H130O6/c1-4-7-10-13-16-19-22-25-28-31-34-35-36-39-41-44-47-50-53-56-59-62-65-71(74)77-68-69(78-72(75)66-63-60-57-54-51-48-45-42-38-33-30-27-24-21-18-15-12-9-6-3)67-76-70(73)64-61-58-55-52-49-46-43-40-37-32-29-26-23-20-17-14-11-8-5-2/h17-18,20-21,26-27,29-30,38,42,69H,4-16,19,22-25,28,31-37,39-41,43-68H2,1-3H3/b20-17-,21-18-,29-26-,30-27-,42-38-. The lowest BCUT2D eigenvalue weighted by Gasteiger charge is -2.18. The van der Waals surface area contributed by atoms with E-state index in [0.29, 0.717) is 19.3 Å². The maximum Gasteiger partial charge on any atom is 0.306 e. The third-order valence-corrected chi connectivity index (χ3v) is 15.2. The van der Waals surface area contributed by atoms with Crippen LogP contribution in [-0.4, -0.2) is 37.2 Å². The van der Waals surface area contributed by atoms with Crippen LogP contribution in [0.5, 0.6) is 0 Å². The van der Waals surface area contributed by atoms with E-state index < -0.39 is 6.10 Å². The fourth-order valence-corrected chi connectivity index (χ4v) is 10.1. The smallest absolute Gasteiger partial charge is 0.306 e. The van der Waals surface area contributed by atoms with Gasteiger partial charge >= 0.3 is 17.9 Å². The first kappa shape index (κ1) is 75.1. The van der Waals surface area contributed by atoms with Gasteiger partial charge in [0.05, 0.1) is 0 Å². The van der Waals surface area contributed by atoms with Gasteiger partial charge in [-0.1, -0.05) is 313 Å². The molecule has 6 heteroatoms. The molecule has 0 aliphatic carbocycles. The minimum atomic E-state index is -0.783. The molecule has 0 aromatic rings. The van der Waals surface area contributed by atoms with Gasteiger partial charge in [0.2, 0.25) is 0 Å². The van der Waals surface area contributed by atoms with Gasteiger partial charge in [-0.05, 0) is 89.9 Å². The molecule has 0 aromatic heterocycles. The highest BCUT2D eigenvalue weighted by molar-refractivity contribution is 5.71. The van der Waals surface area contributed by atoms with Gasteiger partial charge in [0.15, 0.2) is 6.10 Å². The Balaban J connectivity index is 4.35. The second-order valence-electron chi connectivity index (χ2n) is 23.1. The lowest BCUT2D eigenvalue weighted by Crippen LogP contribution is -2.30. The Bertz CT molecular complexity index is 1390. The van der Waals surface area contributed by atoms with Crippen molar-refractivity contribution >= 4 is 17.9 Å². The van der Waals surface area contributed by atoms with Crippen molar-refractivity contribution in [2.45, 2.75) is 367 Å². The van der Waals surface area contributed by atoms with Gasteiger partial charge in [-0.15, -0.1) is 0 Å². The van der Waals surface area contributed by atoms with E-state index in [1.54, 1.807) is 0 Å². The molecule has 454 valence electrons. The number of esters is 3. The summed E-state index contributed by atoms with van der Waals surface area (Å²) in [6.45, 7) is 6.64. The molecule has 0 aliphatic heterocycles. The monoisotopic (exact) mass is 1090 g/mol. The first-order valence-corrected chi connectivity index (χ1v) is 34.3. The fourth-order valence-electron chi connectivity index (χ4n) is 10.1. The summed E-state index contributed by atoms with van der Waals surface area (Å²) in [5.41, 5.74) is 0. The van der Waals surface area contributed by atoms with Crippen LogP contribution in [0.1, 0.15) is 361 Å². The van der Waals surface area contributed by atoms with Crippen LogP contribution < -0.4 is 0 Å². The molecule has 0 rings (SSSR count). The van der Waals surface area contributed by atoms with Crippen LogP contribution in [0.25, 0.3) is 0 Å². The van der Waals surface area contributed by atoms with E-state index in [2.05, 4.69) is 81.5 Å². The predicted molar refractivity (Wildman–Crippen MR) is 339 cm³/mol. The van der Waals surface area contributed by atoms with Crippen LogP contribution in [0.15, 0.2) is 60.8 Å². The van der Waals surface area contributed by atoms with Gasteiger partial charge in [0.25, 0.3) is 0 Å². The number of unbranched alkanes of at least 4 members (excludes halogenated alkanes) is 42. The fraction of sp³-hybridized carbons (Fsp3) is 0.819. The first-order chi connectivity index (χ1) is 38.5. The topological polar surface area (TPSA) is 78.9 Å². The zero-order chi connectivity index (χ0) is 56.4. The predicted octanol–water partition coefficient (Wildman–Crippen LogP) is 23.5. The largest absolute Gasteiger partial charge is 0.462 e. The molecule has 0 bridgehead atoms. The van der Waals surface area contributed by atoms with Crippen LogP contribution in [0.2, 0.25) is 0 Å². The van der Waals surface area contributed by atoms with Gasteiger partial charge in [-0.2, -0.15) is 0 Å². The average Bonchev–Trinajstić information content (AvgIpc) is 3.44. The molecule has 0 spiro atoms. The number of hydrogen-bond donors (Lipinski definition) is 0. The second-order valence-corrected chi connectivity index (χ2v) is 23.1. The first-order valence-electron chi connectivity index (χ1n) is 34.3. The zero-order valence-electron chi connectivity index (χ0n) is 52.2. The lowest BCUT2D eigenvalue weighted by molar-refractivity contribution is -0.167. The summed E-state index contributed by atoms with van der Waals surface area (Å²) >= 11 is 0. The Hall–Kier alpha value is -2.89. The minimum Gasteiger partial charge on any atom is -0.462 e. The quantitative estimate of drug-likeness (QED) is 0.0261. The molecular formula is C72H130O6. The molecule has 1 unspecified atom stereocenters. The molecule has 6 nitrogen and oxygen atoms in total. The summed E-state index contributed by atoms with van der Waals surface area (Å²) < 4.78 is 17.0. The van der Waals surface area contributed by atoms with Gasteiger partial charge in [0.1, 0.15) is 13.2 Å². The number of rotatable bonds is 63. The maximum atomic E-state index is 12.9. The third kappa shape index (κ3) is 63.9. The van der Waals surface area contributed by atoms with Gasteiger partial charge < -0.3 is 14.2 Å². The Morgan fingerprint density at radius 2 is 0.462 bits per heavy atom. The molecule has 0 radical (unpaired) electrons. The van der Waals surface area contributed by atoms with E-state index >= 15 is 0 Å². The SMILES string of the molecule is CCCCC/C=C\C/C=C\C/C=C\CCCCCCCCC(=O)OC(COC(=O)CCCCCCCCCCC/C=C\C/C=C\CCCCC)COC(=O)CCCCCCCCCCCCCCCCCCCCCCCC. The van der Waals surface area contributed by atoms with Crippen LogP contribution >= 0.6 is 0 Å².